The summed E-state index contributed by atoms with van der Waals surface area (Å²) in [5, 5.41) is 16.6. The van der Waals surface area contributed by atoms with Crippen LogP contribution in [-0.4, -0.2) is 37.9 Å². The second kappa shape index (κ2) is 6.92. The first-order valence-corrected chi connectivity index (χ1v) is 7.95. The summed E-state index contributed by atoms with van der Waals surface area (Å²) in [6, 6.07) is 6.49. The lowest BCUT2D eigenvalue weighted by Crippen LogP contribution is -2.48. The van der Waals surface area contributed by atoms with E-state index >= 15 is 0 Å². The van der Waals surface area contributed by atoms with Gasteiger partial charge in [0.1, 0.15) is 5.69 Å². The van der Waals surface area contributed by atoms with Crippen LogP contribution in [0.3, 0.4) is 0 Å². The number of aromatic nitrogens is 3. The standard InChI is InChI=1S/C17H20N4O3/c1-21-16(23)3-2-14(20-21)17(24)19-15(12-9-13(22)10-12)8-11-4-6-18-7-5-11/h2-7,12-13,15,22H,8-10H2,1H3,(H,19,24). The Morgan fingerprint density at radius 1 is 1.33 bits per heavy atom. The Bertz CT molecular complexity index is 769. The minimum absolute atomic E-state index is 0.0951. The average molecular weight is 328 g/mol. The van der Waals surface area contributed by atoms with Crippen molar-refractivity contribution in [1.29, 1.82) is 0 Å². The number of aliphatic hydroxyl groups excluding tert-OH is 1. The highest BCUT2D eigenvalue weighted by molar-refractivity contribution is 5.92. The number of amides is 1. The van der Waals surface area contributed by atoms with Gasteiger partial charge in [0.15, 0.2) is 0 Å². The van der Waals surface area contributed by atoms with Crippen molar-refractivity contribution in [2.24, 2.45) is 13.0 Å². The molecular weight excluding hydrogens is 308 g/mol. The Hall–Kier alpha value is -2.54. The molecule has 7 nitrogen and oxygen atoms in total. The van der Waals surface area contributed by atoms with Crippen LogP contribution in [0.4, 0.5) is 0 Å². The molecule has 1 amide bonds. The van der Waals surface area contributed by atoms with Gasteiger partial charge in [-0.05, 0) is 48.9 Å². The molecule has 126 valence electrons. The van der Waals surface area contributed by atoms with Crippen LogP contribution >= 0.6 is 0 Å². The second-order valence-corrected chi connectivity index (χ2v) is 6.21. The fraction of sp³-hybridized carbons (Fsp3) is 0.412. The highest BCUT2D eigenvalue weighted by Crippen LogP contribution is 2.31. The summed E-state index contributed by atoms with van der Waals surface area (Å²) in [5.41, 5.74) is 1.02. The number of pyridine rings is 1. The van der Waals surface area contributed by atoms with Crippen LogP contribution in [0.1, 0.15) is 28.9 Å². The first kappa shape index (κ1) is 16.3. The van der Waals surface area contributed by atoms with Crippen molar-refractivity contribution in [2.75, 3.05) is 0 Å². The van der Waals surface area contributed by atoms with E-state index in [9.17, 15) is 14.7 Å². The predicted molar refractivity (Wildman–Crippen MR) is 87.4 cm³/mol. The van der Waals surface area contributed by atoms with Crippen LogP contribution in [-0.2, 0) is 13.5 Å². The summed E-state index contributed by atoms with van der Waals surface area (Å²) in [7, 11) is 1.51. The van der Waals surface area contributed by atoms with Crippen LogP contribution in [0.5, 0.6) is 0 Å². The molecule has 0 radical (unpaired) electrons. The van der Waals surface area contributed by atoms with Gasteiger partial charge in [-0.15, -0.1) is 0 Å². The van der Waals surface area contributed by atoms with E-state index in [1.54, 1.807) is 12.4 Å². The first-order chi connectivity index (χ1) is 11.5. The number of carbonyl (C=O) groups excluding carboxylic acids is 1. The van der Waals surface area contributed by atoms with Gasteiger partial charge in [-0.1, -0.05) is 0 Å². The summed E-state index contributed by atoms with van der Waals surface area (Å²) >= 11 is 0. The van der Waals surface area contributed by atoms with Gasteiger partial charge in [0.2, 0.25) is 0 Å². The van der Waals surface area contributed by atoms with Gasteiger partial charge in [0.05, 0.1) is 6.10 Å². The maximum absolute atomic E-state index is 12.5. The van der Waals surface area contributed by atoms with E-state index in [-0.39, 0.29) is 35.2 Å². The maximum atomic E-state index is 12.5. The molecule has 2 aromatic heterocycles. The molecule has 0 aliphatic heterocycles. The van der Waals surface area contributed by atoms with Gasteiger partial charge >= 0.3 is 0 Å². The molecule has 3 rings (SSSR count). The maximum Gasteiger partial charge on any atom is 0.271 e. The van der Waals surface area contributed by atoms with Crippen molar-refractivity contribution in [3.8, 4) is 0 Å². The van der Waals surface area contributed by atoms with Crippen LogP contribution in [0.15, 0.2) is 41.5 Å². The van der Waals surface area contributed by atoms with Gasteiger partial charge in [-0.3, -0.25) is 14.6 Å². The molecule has 0 saturated heterocycles. The van der Waals surface area contributed by atoms with Crippen molar-refractivity contribution in [3.05, 3.63) is 58.3 Å². The predicted octanol–water partition coefficient (Wildman–Crippen LogP) is 0.287. The summed E-state index contributed by atoms with van der Waals surface area (Å²) in [4.78, 5) is 27.9. The number of nitrogens with zero attached hydrogens (tertiary/aromatic N) is 3. The van der Waals surface area contributed by atoms with Crippen LogP contribution in [0.2, 0.25) is 0 Å². The molecule has 2 aromatic rings. The number of hydrogen-bond acceptors (Lipinski definition) is 5. The quantitative estimate of drug-likeness (QED) is 0.822. The molecule has 1 unspecified atom stereocenters. The van der Waals surface area contributed by atoms with Crippen molar-refractivity contribution < 1.29 is 9.90 Å². The summed E-state index contributed by atoms with van der Waals surface area (Å²) < 4.78 is 1.14. The molecule has 1 saturated carbocycles. The largest absolute Gasteiger partial charge is 0.393 e. The topological polar surface area (TPSA) is 97.1 Å². The molecule has 1 aliphatic rings. The Kier molecular flexibility index (Phi) is 4.71. The number of hydrogen-bond donors (Lipinski definition) is 2. The summed E-state index contributed by atoms with van der Waals surface area (Å²) in [6.07, 6.45) is 5.17. The van der Waals surface area contributed by atoms with E-state index in [0.29, 0.717) is 19.3 Å². The Balaban J connectivity index is 1.74. The van der Waals surface area contributed by atoms with Crippen molar-refractivity contribution in [1.82, 2.24) is 20.1 Å². The highest BCUT2D eigenvalue weighted by atomic mass is 16.3. The zero-order valence-electron chi connectivity index (χ0n) is 13.4. The molecule has 1 atom stereocenters. The summed E-state index contributed by atoms with van der Waals surface area (Å²) in [5.74, 6) is -0.0873. The number of nitrogens with one attached hydrogen (secondary N) is 1. The van der Waals surface area contributed by atoms with E-state index < -0.39 is 0 Å². The molecule has 2 N–H and O–H groups in total. The lowest BCUT2D eigenvalue weighted by atomic mass is 9.75. The molecule has 7 heteroatoms. The molecule has 1 fully saturated rings. The lowest BCUT2D eigenvalue weighted by molar-refractivity contribution is 0.0238. The zero-order valence-corrected chi connectivity index (χ0v) is 13.4. The average Bonchev–Trinajstić information content (AvgIpc) is 2.55. The second-order valence-electron chi connectivity index (χ2n) is 6.21. The smallest absolute Gasteiger partial charge is 0.271 e. The summed E-state index contributed by atoms with van der Waals surface area (Å²) in [6.45, 7) is 0. The molecular formula is C17H20N4O3. The third-order valence-corrected chi connectivity index (χ3v) is 4.43. The van der Waals surface area contributed by atoms with Crippen LogP contribution in [0, 0.1) is 5.92 Å². The SMILES string of the molecule is Cn1nc(C(=O)NC(Cc2ccncc2)C2CC(O)C2)ccc1=O. The van der Waals surface area contributed by atoms with Gasteiger partial charge < -0.3 is 10.4 Å². The third kappa shape index (κ3) is 3.68. The normalized spacial score (nSPS) is 20.9. The van der Waals surface area contributed by atoms with E-state index in [2.05, 4.69) is 15.4 Å². The minimum Gasteiger partial charge on any atom is -0.393 e. The molecule has 0 bridgehead atoms. The van der Waals surface area contributed by atoms with E-state index in [4.69, 9.17) is 0 Å². The fourth-order valence-corrected chi connectivity index (χ4v) is 2.93. The molecule has 24 heavy (non-hydrogen) atoms. The van der Waals surface area contributed by atoms with E-state index in [1.807, 2.05) is 12.1 Å². The number of rotatable bonds is 5. The minimum atomic E-state index is -0.314. The molecule has 0 spiro atoms. The Morgan fingerprint density at radius 2 is 2.04 bits per heavy atom. The Morgan fingerprint density at radius 3 is 2.67 bits per heavy atom. The first-order valence-electron chi connectivity index (χ1n) is 7.95. The van der Waals surface area contributed by atoms with Gasteiger partial charge in [-0.2, -0.15) is 5.10 Å². The fourth-order valence-electron chi connectivity index (χ4n) is 2.93. The van der Waals surface area contributed by atoms with Crippen LogP contribution in [0.25, 0.3) is 0 Å². The van der Waals surface area contributed by atoms with Gasteiger partial charge in [-0.25, -0.2) is 4.68 Å². The number of carbonyl (C=O) groups is 1. The number of aliphatic hydroxyl groups is 1. The lowest BCUT2D eigenvalue weighted by Gasteiger charge is -2.38. The highest BCUT2D eigenvalue weighted by Gasteiger charge is 2.35. The molecule has 0 aromatic carbocycles. The van der Waals surface area contributed by atoms with E-state index in [1.165, 1.54) is 19.2 Å². The monoisotopic (exact) mass is 328 g/mol. The van der Waals surface area contributed by atoms with Crippen molar-refractivity contribution in [2.45, 2.75) is 31.4 Å². The van der Waals surface area contributed by atoms with Gasteiger partial charge in [0, 0.05) is 31.5 Å². The zero-order chi connectivity index (χ0) is 17.1. The van der Waals surface area contributed by atoms with Crippen molar-refractivity contribution >= 4 is 5.91 Å². The molecule has 1 aliphatic carbocycles. The third-order valence-electron chi connectivity index (χ3n) is 4.43. The van der Waals surface area contributed by atoms with Crippen LogP contribution < -0.4 is 10.9 Å². The number of aryl methyl sites for hydroxylation is 1. The Labute approximate surface area is 139 Å². The molecule has 2 heterocycles. The van der Waals surface area contributed by atoms with Crippen molar-refractivity contribution in [3.63, 3.8) is 0 Å². The van der Waals surface area contributed by atoms with Gasteiger partial charge in [0.25, 0.3) is 11.5 Å². The van der Waals surface area contributed by atoms with E-state index in [0.717, 1.165) is 10.2 Å².